The number of amides is 1. The highest BCUT2D eigenvalue weighted by Gasteiger charge is 2.53. The molecule has 0 spiro atoms. The molecule has 1 aliphatic rings. The normalized spacial score (nSPS) is 19.6. The minimum atomic E-state index is -5.31. The Balaban J connectivity index is 2.93. The SMILES string of the molecule is CCCCCCCCCCCCCCC[C@@H](O)CC(=O)O[C@H]1O[C@H](CO)[C@@H](OP(=O)(O)O)[C@H](OC(=O)C[C@H](O)CCCCCCCCCCCCC)[C@H]1NC(=O)CCCCCCCCCCC. The molecule has 6 N–H and O–H groups in total. The topological polar surface area (TPSA) is 218 Å². The second-order valence-electron chi connectivity index (χ2n) is 19.5. The summed E-state index contributed by atoms with van der Waals surface area (Å²) < 4.78 is 34.6. The van der Waals surface area contributed by atoms with E-state index in [2.05, 4.69) is 26.1 Å². The van der Waals surface area contributed by atoms with Crippen molar-refractivity contribution in [2.75, 3.05) is 6.61 Å². The van der Waals surface area contributed by atoms with Crippen LogP contribution < -0.4 is 5.32 Å². The van der Waals surface area contributed by atoms with Gasteiger partial charge in [0.2, 0.25) is 12.2 Å². The van der Waals surface area contributed by atoms with Crippen molar-refractivity contribution in [2.24, 2.45) is 0 Å². The lowest BCUT2D eigenvalue weighted by Crippen LogP contribution is -2.66. The Labute approximate surface area is 406 Å². The summed E-state index contributed by atoms with van der Waals surface area (Å²) in [6.45, 7) is 5.74. The fourth-order valence-corrected chi connectivity index (χ4v) is 9.57. The van der Waals surface area contributed by atoms with Crippen molar-refractivity contribution in [1.29, 1.82) is 0 Å². The first kappa shape index (κ1) is 63.4. The van der Waals surface area contributed by atoms with E-state index in [-0.39, 0.29) is 12.8 Å². The second kappa shape index (κ2) is 42.1. The summed E-state index contributed by atoms with van der Waals surface area (Å²) in [5.41, 5.74) is 0. The van der Waals surface area contributed by atoms with Crippen LogP contribution in [0.15, 0.2) is 0 Å². The minimum Gasteiger partial charge on any atom is -0.457 e. The highest BCUT2D eigenvalue weighted by atomic mass is 31.2. The molecular weight excluding hydrogens is 878 g/mol. The smallest absolute Gasteiger partial charge is 0.457 e. The molecule has 67 heavy (non-hydrogen) atoms. The van der Waals surface area contributed by atoms with E-state index in [1.54, 1.807) is 0 Å². The van der Waals surface area contributed by atoms with Gasteiger partial charge >= 0.3 is 19.8 Å². The number of rotatable bonds is 46. The molecule has 1 aliphatic heterocycles. The summed E-state index contributed by atoms with van der Waals surface area (Å²) >= 11 is 0. The molecule has 1 heterocycles. The monoisotopic (exact) mass is 978 g/mol. The maximum absolute atomic E-state index is 13.5. The van der Waals surface area contributed by atoms with E-state index in [1.165, 1.54) is 128 Å². The van der Waals surface area contributed by atoms with Crippen LogP contribution in [0, 0.1) is 0 Å². The van der Waals surface area contributed by atoms with E-state index in [4.69, 9.17) is 18.7 Å². The third-order valence-electron chi connectivity index (χ3n) is 13.0. The van der Waals surface area contributed by atoms with E-state index in [0.29, 0.717) is 25.7 Å². The zero-order valence-electron chi connectivity index (χ0n) is 42.6. The van der Waals surface area contributed by atoms with E-state index in [0.717, 1.165) is 70.6 Å². The van der Waals surface area contributed by atoms with Gasteiger partial charge in [-0.2, -0.15) is 0 Å². The Kier molecular flexibility index (Phi) is 39.8. The van der Waals surface area contributed by atoms with Gasteiger partial charge in [0, 0.05) is 6.42 Å². The number of unbranched alkanes of at least 4 members (excludes halogenated alkanes) is 30. The van der Waals surface area contributed by atoms with E-state index >= 15 is 0 Å². The number of phosphoric acid groups is 1. The van der Waals surface area contributed by atoms with Crippen molar-refractivity contribution in [3.05, 3.63) is 0 Å². The van der Waals surface area contributed by atoms with Gasteiger partial charge in [-0.1, -0.05) is 226 Å². The van der Waals surface area contributed by atoms with Gasteiger partial charge in [-0.15, -0.1) is 0 Å². The number of carbonyl (C=O) groups is 3. The van der Waals surface area contributed by atoms with Gasteiger partial charge in [0.15, 0.2) is 6.10 Å². The molecule has 0 aliphatic carbocycles. The number of ether oxygens (including phenoxy) is 3. The molecule has 0 unspecified atom stereocenters. The quantitative estimate of drug-likeness (QED) is 0.0190. The Hall–Kier alpha value is -1.64. The molecule has 396 valence electrons. The van der Waals surface area contributed by atoms with Crippen LogP contribution in [-0.4, -0.2) is 92.4 Å². The molecule has 15 heteroatoms. The van der Waals surface area contributed by atoms with Crippen LogP contribution in [0.5, 0.6) is 0 Å². The summed E-state index contributed by atoms with van der Waals surface area (Å²) in [6.07, 6.45) is 28.2. The molecule has 0 aromatic heterocycles. The minimum absolute atomic E-state index is 0.0661. The number of nitrogens with one attached hydrogen (secondary N) is 1. The van der Waals surface area contributed by atoms with Crippen LogP contribution >= 0.6 is 7.82 Å². The highest BCUT2D eigenvalue weighted by molar-refractivity contribution is 7.46. The predicted molar refractivity (Wildman–Crippen MR) is 265 cm³/mol. The second-order valence-corrected chi connectivity index (χ2v) is 20.7. The van der Waals surface area contributed by atoms with Crippen LogP contribution in [0.2, 0.25) is 0 Å². The molecule has 0 aromatic rings. The van der Waals surface area contributed by atoms with Gasteiger partial charge in [-0.25, -0.2) is 4.57 Å². The molecule has 7 atom stereocenters. The summed E-state index contributed by atoms with van der Waals surface area (Å²) in [5, 5.41) is 34.7. The van der Waals surface area contributed by atoms with Gasteiger partial charge < -0.3 is 44.6 Å². The first-order valence-corrected chi connectivity index (χ1v) is 28.9. The van der Waals surface area contributed by atoms with Crippen LogP contribution in [0.25, 0.3) is 0 Å². The van der Waals surface area contributed by atoms with Gasteiger partial charge in [0.25, 0.3) is 0 Å². The molecule has 0 bridgehead atoms. The molecule has 14 nitrogen and oxygen atoms in total. The summed E-state index contributed by atoms with van der Waals surface area (Å²) in [4.78, 5) is 60.1. The number of hydrogen-bond donors (Lipinski definition) is 6. The van der Waals surface area contributed by atoms with Crippen molar-refractivity contribution in [2.45, 2.75) is 308 Å². The largest absolute Gasteiger partial charge is 0.470 e. The lowest BCUT2D eigenvalue weighted by molar-refractivity contribution is -0.265. The van der Waals surface area contributed by atoms with Gasteiger partial charge in [0.05, 0.1) is 31.7 Å². The number of phosphoric ester groups is 1. The lowest BCUT2D eigenvalue weighted by Gasteiger charge is -2.44. The maximum Gasteiger partial charge on any atom is 0.470 e. The van der Waals surface area contributed by atoms with Crippen molar-refractivity contribution >= 4 is 25.7 Å². The Morgan fingerprint density at radius 3 is 1.22 bits per heavy atom. The fourth-order valence-electron chi connectivity index (χ4n) is 8.99. The molecule has 1 fully saturated rings. The van der Waals surface area contributed by atoms with Crippen LogP contribution in [-0.2, 0) is 37.7 Å². The third kappa shape index (κ3) is 35.2. The number of aliphatic hydroxyl groups is 3. The van der Waals surface area contributed by atoms with Crippen LogP contribution in [0.1, 0.15) is 265 Å². The lowest BCUT2D eigenvalue weighted by atomic mass is 9.96. The van der Waals surface area contributed by atoms with Crippen molar-refractivity contribution in [1.82, 2.24) is 5.32 Å². The fraction of sp³-hybridized carbons (Fsp3) is 0.942. The number of carbonyl (C=O) groups excluding carboxylic acids is 3. The third-order valence-corrected chi connectivity index (χ3v) is 13.5. The van der Waals surface area contributed by atoms with Crippen LogP contribution in [0.4, 0.5) is 0 Å². The van der Waals surface area contributed by atoms with E-state index in [9.17, 15) is 44.1 Å². The van der Waals surface area contributed by atoms with Gasteiger partial charge in [-0.05, 0) is 19.3 Å². The number of hydrogen-bond acceptors (Lipinski definition) is 11. The maximum atomic E-state index is 13.5. The average molecular weight is 978 g/mol. The van der Waals surface area contributed by atoms with Crippen molar-refractivity contribution in [3.63, 3.8) is 0 Å². The summed E-state index contributed by atoms with van der Waals surface area (Å²) in [5.74, 6) is -2.31. The molecular formula is C52H100NO13P. The summed E-state index contributed by atoms with van der Waals surface area (Å²) in [6, 6.07) is -1.51. The zero-order chi connectivity index (χ0) is 49.4. The molecule has 1 amide bonds. The Morgan fingerprint density at radius 1 is 0.522 bits per heavy atom. The van der Waals surface area contributed by atoms with E-state index < -0.39 is 81.5 Å². The average Bonchev–Trinajstić information content (AvgIpc) is 3.27. The Morgan fingerprint density at radius 2 is 0.866 bits per heavy atom. The standard InChI is InChI=1S/C52H100NO13P/c1-4-7-10-13-16-19-21-22-24-27-29-32-35-38-44(56)41-48(59)65-52-49(53-46(57)39-36-33-30-25-18-15-12-9-6-3)51(50(45(42-54)63-52)66-67(60,61)62)64-47(58)40-43(55)37-34-31-28-26-23-20-17-14-11-8-5-2/h43-45,49-52,54-56H,4-42H2,1-3H3,(H,53,57)(H2,60,61,62)/t43-,44-,45-,49-,50-,51-,52-/m1/s1. The Bertz CT molecular complexity index is 1250. The van der Waals surface area contributed by atoms with Gasteiger partial charge in [0.1, 0.15) is 18.2 Å². The van der Waals surface area contributed by atoms with Crippen LogP contribution in [0.3, 0.4) is 0 Å². The molecule has 1 saturated heterocycles. The molecule has 0 saturated carbocycles. The number of esters is 2. The summed E-state index contributed by atoms with van der Waals surface area (Å²) in [7, 11) is -5.31. The van der Waals surface area contributed by atoms with Gasteiger partial charge in [-0.3, -0.25) is 18.9 Å². The molecule has 0 aromatic carbocycles. The van der Waals surface area contributed by atoms with Crippen molar-refractivity contribution in [3.8, 4) is 0 Å². The van der Waals surface area contributed by atoms with Crippen molar-refractivity contribution < 1.29 is 62.8 Å². The zero-order valence-corrected chi connectivity index (χ0v) is 43.5. The number of aliphatic hydroxyl groups excluding tert-OH is 3. The first-order chi connectivity index (χ1) is 32.3. The van der Waals surface area contributed by atoms with E-state index in [1.807, 2.05) is 0 Å². The predicted octanol–water partition coefficient (Wildman–Crippen LogP) is 11.7. The molecule has 1 rings (SSSR count). The highest BCUT2D eigenvalue weighted by Crippen LogP contribution is 2.42. The molecule has 0 radical (unpaired) electrons. The first-order valence-electron chi connectivity index (χ1n) is 27.4.